The lowest BCUT2D eigenvalue weighted by Gasteiger charge is -2.29. The summed E-state index contributed by atoms with van der Waals surface area (Å²) in [5.41, 5.74) is 0.435. The molecule has 1 aromatic rings. The third-order valence-corrected chi connectivity index (χ3v) is 4.63. The summed E-state index contributed by atoms with van der Waals surface area (Å²) >= 11 is 5.99. The quantitative estimate of drug-likeness (QED) is 0.924. The van der Waals surface area contributed by atoms with E-state index in [1.165, 1.54) is 13.0 Å². The Kier molecular flexibility index (Phi) is 4.20. The molecule has 2 atom stereocenters. The van der Waals surface area contributed by atoms with Gasteiger partial charge in [-0.15, -0.1) is 0 Å². The van der Waals surface area contributed by atoms with Gasteiger partial charge in [0.15, 0.2) is 0 Å². The molecule has 110 valence electrons. The van der Waals surface area contributed by atoms with Gasteiger partial charge in [-0.1, -0.05) is 24.6 Å². The van der Waals surface area contributed by atoms with Crippen LogP contribution in [0.2, 0.25) is 5.02 Å². The van der Waals surface area contributed by atoms with Gasteiger partial charge in [0.25, 0.3) is 0 Å². The summed E-state index contributed by atoms with van der Waals surface area (Å²) < 4.78 is 6.04. The van der Waals surface area contributed by atoms with Crippen LogP contribution in [0.4, 0.5) is 0 Å². The molecule has 2 aliphatic heterocycles. The molecule has 0 aliphatic carbocycles. The summed E-state index contributed by atoms with van der Waals surface area (Å²) in [7, 11) is 0. The van der Waals surface area contributed by atoms with Crippen molar-refractivity contribution in [2.45, 2.75) is 25.9 Å². The predicted octanol–water partition coefficient (Wildman–Crippen LogP) is 2.79. The summed E-state index contributed by atoms with van der Waals surface area (Å²) in [6, 6.07) is 7.70. The van der Waals surface area contributed by atoms with Gasteiger partial charge in [-0.2, -0.15) is 0 Å². The fourth-order valence-electron chi connectivity index (χ4n) is 3.31. The van der Waals surface area contributed by atoms with E-state index in [-0.39, 0.29) is 0 Å². The van der Waals surface area contributed by atoms with Gasteiger partial charge in [0.1, 0.15) is 11.9 Å². The normalized spacial score (nSPS) is 30.8. The van der Waals surface area contributed by atoms with Crippen LogP contribution in [0, 0.1) is 5.41 Å². The first-order chi connectivity index (χ1) is 9.63. The molecule has 3 nitrogen and oxygen atoms in total. The molecular weight excluding hydrogens is 272 g/mol. The van der Waals surface area contributed by atoms with Crippen molar-refractivity contribution in [2.24, 2.45) is 5.41 Å². The van der Waals surface area contributed by atoms with Gasteiger partial charge in [-0.05, 0) is 43.0 Å². The lowest BCUT2D eigenvalue weighted by atomic mass is 9.89. The summed E-state index contributed by atoms with van der Waals surface area (Å²) in [5.74, 6) is 0.887. The molecule has 1 N–H and O–H groups in total. The second-order valence-electron chi connectivity index (χ2n) is 6.46. The first kappa shape index (κ1) is 14.2. The minimum absolute atomic E-state index is 0.298. The van der Waals surface area contributed by atoms with Crippen LogP contribution in [-0.2, 0) is 0 Å². The highest BCUT2D eigenvalue weighted by atomic mass is 35.5. The Bertz CT molecular complexity index is 460. The molecule has 4 heteroatoms. The van der Waals surface area contributed by atoms with E-state index in [1.807, 2.05) is 24.3 Å². The molecule has 0 amide bonds. The molecule has 1 aromatic carbocycles. The summed E-state index contributed by atoms with van der Waals surface area (Å²) in [4.78, 5) is 2.54. The van der Waals surface area contributed by atoms with Crippen molar-refractivity contribution in [1.29, 1.82) is 0 Å². The van der Waals surface area contributed by atoms with E-state index in [4.69, 9.17) is 16.3 Å². The van der Waals surface area contributed by atoms with E-state index in [0.717, 1.165) is 43.4 Å². The van der Waals surface area contributed by atoms with E-state index in [9.17, 15) is 0 Å². The van der Waals surface area contributed by atoms with Crippen LogP contribution in [-0.4, -0.2) is 43.7 Å². The molecule has 2 unspecified atom stereocenters. The lowest BCUT2D eigenvalue weighted by molar-refractivity contribution is 0.169. The molecular formula is C16H23ClN2O. The molecule has 2 saturated heterocycles. The number of halogens is 1. The summed E-state index contributed by atoms with van der Waals surface area (Å²) in [6.45, 7) is 8.03. The van der Waals surface area contributed by atoms with Crippen LogP contribution < -0.4 is 10.1 Å². The number of hydrogen-bond donors (Lipinski definition) is 1. The van der Waals surface area contributed by atoms with Crippen molar-refractivity contribution in [3.05, 3.63) is 29.3 Å². The smallest absolute Gasteiger partial charge is 0.121 e. The fourth-order valence-corrected chi connectivity index (χ4v) is 3.49. The molecule has 2 fully saturated rings. The van der Waals surface area contributed by atoms with Gasteiger partial charge in [-0.3, -0.25) is 4.90 Å². The third-order valence-electron chi connectivity index (χ3n) is 4.39. The topological polar surface area (TPSA) is 24.5 Å². The average Bonchev–Trinajstić information content (AvgIpc) is 3.00. The van der Waals surface area contributed by atoms with Crippen molar-refractivity contribution in [1.82, 2.24) is 10.2 Å². The molecule has 0 aromatic heterocycles. The van der Waals surface area contributed by atoms with Crippen molar-refractivity contribution >= 4 is 11.6 Å². The number of nitrogens with one attached hydrogen (secondary N) is 1. The van der Waals surface area contributed by atoms with E-state index in [2.05, 4.69) is 17.1 Å². The summed E-state index contributed by atoms with van der Waals surface area (Å²) in [6.07, 6.45) is 2.69. The number of ether oxygens (including phenoxy) is 1. The van der Waals surface area contributed by atoms with E-state index in [1.54, 1.807) is 0 Å². The second-order valence-corrected chi connectivity index (χ2v) is 6.89. The van der Waals surface area contributed by atoms with Crippen LogP contribution in [0.3, 0.4) is 0 Å². The summed E-state index contributed by atoms with van der Waals surface area (Å²) in [5, 5.41) is 4.21. The molecule has 0 radical (unpaired) electrons. The zero-order valence-electron chi connectivity index (χ0n) is 12.1. The fraction of sp³-hybridized carbons (Fsp3) is 0.625. The Morgan fingerprint density at radius 3 is 3.15 bits per heavy atom. The number of rotatable bonds is 4. The van der Waals surface area contributed by atoms with E-state index >= 15 is 0 Å². The van der Waals surface area contributed by atoms with Gasteiger partial charge >= 0.3 is 0 Å². The van der Waals surface area contributed by atoms with Crippen LogP contribution in [0.1, 0.15) is 19.8 Å². The largest absolute Gasteiger partial charge is 0.489 e. The van der Waals surface area contributed by atoms with Gasteiger partial charge in [0.05, 0.1) is 0 Å². The Labute approximate surface area is 126 Å². The van der Waals surface area contributed by atoms with Crippen LogP contribution in [0.5, 0.6) is 5.75 Å². The van der Waals surface area contributed by atoms with Crippen LogP contribution in [0.15, 0.2) is 24.3 Å². The van der Waals surface area contributed by atoms with Crippen LogP contribution >= 0.6 is 11.6 Å². The number of benzene rings is 1. The average molecular weight is 295 g/mol. The van der Waals surface area contributed by atoms with Crippen molar-refractivity contribution < 1.29 is 4.74 Å². The van der Waals surface area contributed by atoms with Crippen molar-refractivity contribution in [3.63, 3.8) is 0 Å². The van der Waals surface area contributed by atoms with E-state index in [0.29, 0.717) is 11.5 Å². The zero-order chi connectivity index (χ0) is 14.0. The predicted molar refractivity (Wildman–Crippen MR) is 82.5 cm³/mol. The zero-order valence-corrected chi connectivity index (χ0v) is 12.8. The number of hydrogen-bond acceptors (Lipinski definition) is 3. The third kappa shape index (κ3) is 3.46. The highest BCUT2D eigenvalue weighted by molar-refractivity contribution is 6.30. The van der Waals surface area contributed by atoms with E-state index < -0.39 is 0 Å². The van der Waals surface area contributed by atoms with Gasteiger partial charge in [0.2, 0.25) is 0 Å². The molecule has 0 spiro atoms. The Balaban J connectivity index is 1.52. The number of nitrogens with zero attached hydrogens (tertiary/aromatic N) is 1. The highest BCUT2D eigenvalue weighted by Crippen LogP contribution is 2.28. The Morgan fingerprint density at radius 1 is 1.50 bits per heavy atom. The minimum atomic E-state index is 0.298. The first-order valence-electron chi connectivity index (χ1n) is 7.48. The lowest BCUT2D eigenvalue weighted by Crippen LogP contribution is -2.37. The standard InChI is InChI=1S/C16H23ClN2O/c1-16(6-7-18-11-16)12-19-8-5-15(10-19)20-14-4-2-3-13(17)9-14/h2-4,9,15,18H,5-8,10-12H2,1H3. The molecule has 0 saturated carbocycles. The molecule has 3 rings (SSSR count). The SMILES string of the molecule is CC1(CN2CCC(Oc3cccc(Cl)c3)C2)CCNC1. The second kappa shape index (κ2) is 5.92. The maximum atomic E-state index is 6.04. The minimum Gasteiger partial charge on any atom is -0.489 e. The highest BCUT2D eigenvalue weighted by Gasteiger charge is 2.34. The van der Waals surface area contributed by atoms with Gasteiger partial charge in [0, 0.05) is 31.2 Å². The Hall–Kier alpha value is -0.770. The number of likely N-dealkylation sites (tertiary alicyclic amines) is 1. The molecule has 2 aliphatic rings. The molecule has 2 heterocycles. The van der Waals surface area contributed by atoms with Crippen molar-refractivity contribution in [2.75, 3.05) is 32.7 Å². The monoisotopic (exact) mass is 294 g/mol. The van der Waals surface area contributed by atoms with Gasteiger partial charge < -0.3 is 10.1 Å². The van der Waals surface area contributed by atoms with Crippen LogP contribution in [0.25, 0.3) is 0 Å². The first-order valence-corrected chi connectivity index (χ1v) is 7.86. The molecule has 20 heavy (non-hydrogen) atoms. The maximum Gasteiger partial charge on any atom is 0.121 e. The Morgan fingerprint density at radius 2 is 2.40 bits per heavy atom. The molecule has 0 bridgehead atoms. The maximum absolute atomic E-state index is 6.04. The van der Waals surface area contributed by atoms with Gasteiger partial charge in [-0.25, -0.2) is 0 Å². The van der Waals surface area contributed by atoms with Crippen molar-refractivity contribution in [3.8, 4) is 5.75 Å².